The molecule has 1 N–H and O–H groups in total. The van der Waals surface area contributed by atoms with E-state index < -0.39 is 14.0 Å². The van der Waals surface area contributed by atoms with Crippen LogP contribution in [0.2, 0.25) is 0 Å². The van der Waals surface area contributed by atoms with Gasteiger partial charge in [-0.2, -0.15) is 0 Å². The third kappa shape index (κ3) is 6.91. The SMILES string of the molecule is COc1ccc(OC)c([C@H](O)C[PH+](C(C)(C)C)C(C)(C)C)c1.[CH3-].[Ni]. The molecular formula is C19H35NiO3P. The van der Waals surface area contributed by atoms with Crippen molar-refractivity contribution in [1.29, 1.82) is 0 Å². The maximum Gasteiger partial charge on any atom is 0.125 e. The number of aliphatic hydroxyl groups excluding tert-OH is 1. The first-order chi connectivity index (χ1) is 10.0. The van der Waals surface area contributed by atoms with Gasteiger partial charge >= 0.3 is 0 Å². The van der Waals surface area contributed by atoms with Gasteiger partial charge in [-0.25, -0.2) is 0 Å². The smallest absolute Gasteiger partial charge is 0.125 e. The Bertz CT molecular complexity index is 478. The summed E-state index contributed by atoms with van der Waals surface area (Å²) in [6.07, 6.45) is 0.263. The van der Waals surface area contributed by atoms with Gasteiger partial charge in [0.1, 0.15) is 17.6 Å². The van der Waals surface area contributed by atoms with Crippen molar-refractivity contribution in [1.82, 2.24) is 0 Å². The normalized spacial score (nSPS) is 12.9. The van der Waals surface area contributed by atoms with Gasteiger partial charge in [0.2, 0.25) is 0 Å². The minimum atomic E-state index is -0.812. The number of benzene rings is 1. The van der Waals surface area contributed by atoms with E-state index in [1.807, 2.05) is 18.2 Å². The molecule has 0 fully saturated rings. The second-order valence-corrected chi connectivity index (χ2v) is 12.2. The Kier molecular flexibility index (Phi) is 10.8. The van der Waals surface area contributed by atoms with Crippen LogP contribution in [0.15, 0.2) is 18.2 Å². The Hall–Kier alpha value is -0.296. The number of hydrogen-bond donors (Lipinski definition) is 1. The molecule has 0 radical (unpaired) electrons. The van der Waals surface area contributed by atoms with Gasteiger partial charge in [0.25, 0.3) is 0 Å². The molecular weight excluding hydrogens is 366 g/mol. The van der Waals surface area contributed by atoms with E-state index >= 15 is 0 Å². The van der Waals surface area contributed by atoms with E-state index in [0.717, 1.165) is 23.2 Å². The minimum absolute atomic E-state index is 0. The van der Waals surface area contributed by atoms with Crippen molar-refractivity contribution in [3.8, 4) is 11.5 Å². The van der Waals surface area contributed by atoms with Crippen LogP contribution in [0.3, 0.4) is 0 Å². The van der Waals surface area contributed by atoms with E-state index in [0.29, 0.717) is 0 Å². The average molecular weight is 401 g/mol. The molecule has 0 saturated heterocycles. The molecule has 144 valence electrons. The van der Waals surface area contributed by atoms with Crippen LogP contribution in [0.4, 0.5) is 0 Å². The van der Waals surface area contributed by atoms with Crippen molar-refractivity contribution in [3.63, 3.8) is 0 Å². The number of rotatable bonds is 5. The summed E-state index contributed by atoms with van der Waals surface area (Å²) in [7, 11) is 2.46. The van der Waals surface area contributed by atoms with Gasteiger partial charge in [-0.05, 0) is 59.7 Å². The Labute approximate surface area is 160 Å². The van der Waals surface area contributed by atoms with E-state index in [4.69, 9.17) is 9.47 Å². The predicted octanol–water partition coefficient (Wildman–Crippen LogP) is 5.00. The van der Waals surface area contributed by atoms with Crippen molar-refractivity contribution in [2.24, 2.45) is 0 Å². The summed E-state index contributed by atoms with van der Waals surface area (Å²) in [6, 6.07) is 5.60. The molecule has 5 heteroatoms. The first-order valence-electron chi connectivity index (χ1n) is 7.77. The summed E-state index contributed by atoms with van der Waals surface area (Å²) in [5.74, 6) is 1.47. The number of methoxy groups -OCH3 is 2. The molecule has 0 heterocycles. The molecule has 0 bridgehead atoms. The van der Waals surface area contributed by atoms with Gasteiger partial charge in [-0.3, -0.25) is 0 Å². The first kappa shape index (κ1) is 25.9. The zero-order chi connectivity index (χ0) is 17.1. The van der Waals surface area contributed by atoms with Crippen LogP contribution in [0.1, 0.15) is 53.2 Å². The Morgan fingerprint density at radius 2 is 1.50 bits per heavy atom. The zero-order valence-electron chi connectivity index (χ0n) is 16.6. The topological polar surface area (TPSA) is 38.7 Å². The van der Waals surface area contributed by atoms with E-state index in [-0.39, 0.29) is 34.2 Å². The summed E-state index contributed by atoms with van der Waals surface area (Å²) in [5, 5.41) is 11.3. The van der Waals surface area contributed by atoms with Crippen molar-refractivity contribution in [2.75, 3.05) is 20.4 Å². The average Bonchev–Trinajstić information content (AvgIpc) is 2.41. The fourth-order valence-corrected chi connectivity index (χ4v) is 7.22. The number of aliphatic hydroxyl groups is 1. The van der Waals surface area contributed by atoms with E-state index in [9.17, 15) is 5.11 Å². The second kappa shape index (κ2) is 10.00. The fraction of sp³-hybridized carbons (Fsp3) is 0.632. The maximum absolute atomic E-state index is 10.8. The van der Waals surface area contributed by atoms with Crippen molar-refractivity contribution in [3.05, 3.63) is 31.2 Å². The molecule has 0 aromatic heterocycles. The number of hydrogen-bond acceptors (Lipinski definition) is 3. The summed E-state index contributed by atoms with van der Waals surface area (Å²) in [6.45, 7) is 13.7. The van der Waals surface area contributed by atoms with Gasteiger partial charge in [0, 0.05) is 30.0 Å². The Morgan fingerprint density at radius 1 is 1.00 bits per heavy atom. The fourth-order valence-electron chi connectivity index (χ4n) is 3.14. The Morgan fingerprint density at radius 3 is 1.88 bits per heavy atom. The molecule has 0 aliphatic rings. The maximum atomic E-state index is 10.8. The van der Waals surface area contributed by atoms with Crippen LogP contribution in [-0.4, -0.2) is 35.8 Å². The summed E-state index contributed by atoms with van der Waals surface area (Å²) in [4.78, 5) is 0. The standard InChI is InChI=1S/C18H31O3P.CH3.Ni/c1-17(2,3)22(18(4,5)6)12-15(19)14-11-13(20-7)9-10-16(14)21-8;;/h9-11,15,19H,12H2,1-8H3;1H3;/q;-1;/p+1/t15-;;/m1../s1. The van der Waals surface area contributed by atoms with Gasteiger partial charge < -0.3 is 22.0 Å². The predicted molar refractivity (Wildman–Crippen MR) is 104 cm³/mol. The zero-order valence-corrected chi connectivity index (χ0v) is 18.6. The molecule has 1 atom stereocenters. The van der Waals surface area contributed by atoms with Crippen LogP contribution in [0.5, 0.6) is 11.5 Å². The molecule has 0 amide bonds. The summed E-state index contributed by atoms with van der Waals surface area (Å²) < 4.78 is 10.7. The molecule has 1 aromatic carbocycles. The van der Waals surface area contributed by atoms with E-state index in [1.54, 1.807) is 14.2 Å². The van der Waals surface area contributed by atoms with E-state index in [2.05, 4.69) is 41.5 Å². The molecule has 3 nitrogen and oxygen atoms in total. The largest absolute Gasteiger partial charge is 0.497 e. The van der Waals surface area contributed by atoms with Crippen LogP contribution >= 0.6 is 7.92 Å². The first-order valence-corrected chi connectivity index (χ1v) is 9.48. The van der Waals surface area contributed by atoms with Crippen molar-refractivity contribution < 1.29 is 31.1 Å². The molecule has 1 aromatic rings. The van der Waals surface area contributed by atoms with Crippen LogP contribution in [-0.2, 0) is 16.5 Å². The molecule has 0 aliphatic heterocycles. The van der Waals surface area contributed by atoms with Gasteiger partial charge in [0.15, 0.2) is 0 Å². The van der Waals surface area contributed by atoms with Crippen LogP contribution in [0, 0.1) is 7.43 Å². The molecule has 1 rings (SSSR count). The molecule has 0 saturated carbocycles. The van der Waals surface area contributed by atoms with Crippen molar-refractivity contribution >= 4 is 7.92 Å². The van der Waals surface area contributed by atoms with Gasteiger partial charge in [0.05, 0.1) is 30.7 Å². The monoisotopic (exact) mass is 400 g/mol. The van der Waals surface area contributed by atoms with Crippen LogP contribution in [0.25, 0.3) is 0 Å². The van der Waals surface area contributed by atoms with E-state index in [1.165, 1.54) is 0 Å². The van der Waals surface area contributed by atoms with Gasteiger partial charge in [-0.15, -0.1) is 0 Å². The molecule has 0 spiro atoms. The quantitative estimate of drug-likeness (QED) is 0.429. The summed E-state index contributed by atoms with van der Waals surface area (Å²) >= 11 is 0. The second-order valence-electron chi connectivity index (χ2n) is 7.81. The molecule has 24 heavy (non-hydrogen) atoms. The number of ether oxygens (including phenoxy) is 2. The Balaban J connectivity index is 0. The molecule has 0 unspecified atom stereocenters. The van der Waals surface area contributed by atoms with Gasteiger partial charge in [-0.1, -0.05) is 0 Å². The molecule has 0 aliphatic carbocycles. The van der Waals surface area contributed by atoms with Crippen LogP contribution < -0.4 is 9.47 Å². The third-order valence-electron chi connectivity index (χ3n) is 4.00. The van der Waals surface area contributed by atoms with Crippen molar-refractivity contribution in [2.45, 2.75) is 58.0 Å². The third-order valence-corrected chi connectivity index (χ3v) is 8.42. The minimum Gasteiger partial charge on any atom is -0.497 e. The summed E-state index contributed by atoms with van der Waals surface area (Å²) in [5.41, 5.74) is 0.817.